The number of benzene rings is 18. The number of hydrogen-bond acceptors (Lipinski definition) is 8. The van der Waals surface area contributed by atoms with Crippen molar-refractivity contribution in [2.24, 2.45) is 0 Å². The van der Waals surface area contributed by atoms with Crippen LogP contribution >= 0.6 is 0 Å². The predicted molar refractivity (Wildman–Crippen MR) is 515 cm³/mol. The summed E-state index contributed by atoms with van der Waals surface area (Å²) in [5.41, 5.74) is 27.1. The Morgan fingerprint density at radius 3 is 0.786 bits per heavy atom. The number of aromatic nitrogens is 10. The molecule has 0 saturated heterocycles. The average molecular weight is 1610 g/mol. The molecular formula is C114H70N10O2. The molecule has 588 valence electrons. The standard InChI is InChI=1S/2C57H35N5O/c1-3-14-36(15-4-1)55-58-56(37-16-5-2-6-17-37)60-57(59-55)38-26-29-40(30-27-38)61-49-23-10-8-19-44(49)48-35-41(31-33-52(48)61)62-50-24-11-7-18-43(50)47-34-39(28-32-51(47)62)42-21-13-22-46-45-20-9-12-25-53(45)63-54(42)46;1-3-15-36(16-4-1)55-58-56(37-17-5-2-6-18-37)60-57(59-55)39-19-13-20-40(33-39)61-50-27-11-8-22-44(50)48-35-41(30-32-52(48)61)62-49-26-10-7-21-43(49)47-34-38(29-31-51(47)62)42-24-14-25-46-45-23-9-12-28-53(45)63-54(42)46/h2*1-35H. The van der Waals surface area contributed by atoms with E-state index in [0.29, 0.717) is 34.9 Å². The second-order valence-corrected chi connectivity index (χ2v) is 32.0. The van der Waals surface area contributed by atoms with Gasteiger partial charge in [-0.3, -0.25) is 0 Å². The highest BCUT2D eigenvalue weighted by atomic mass is 16.3. The van der Waals surface area contributed by atoms with Crippen LogP contribution in [0.1, 0.15) is 0 Å². The summed E-state index contributed by atoms with van der Waals surface area (Å²) in [7, 11) is 0. The van der Waals surface area contributed by atoms with Gasteiger partial charge in [0.25, 0.3) is 0 Å². The molecule has 0 atom stereocenters. The number of fused-ring (bicyclic) bond motifs is 18. The summed E-state index contributed by atoms with van der Waals surface area (Å²) in [4.78, 5) is 29.8. The zero-order valence-electron chi connectivity index (χ0n) is 67.7. The van der Waals surface area contributed by atoms with Crippen molar-refractivity contribution in [2.75, 3.05) is 0 Å². The molecule has 0 aliphatic rings. The fourth-order valence-electron chi connectivity index (χ4n) is 19.0. The normalized spacial score (nSPS) is 11.8. The van der Waals surface area contributed by atoms with E-state index >= 15 is 0 Å². The van der Waals surface area contributed by atoms with Crippen molar-refractivity contribution in [3.05, 3.63) is 425 Å². The first-order valence-electron chi connectivity index (χ1n) is 42.4. The van der Waals surface area contributed by atoms with Gasteiger partial charge in [0.05, 0.1) is 44.1 Å². The molecule has 0 amide bonds. The van der Waals surface area contributed by atoms with Gasteiger partial charge in [-0.05, 0) is 145 Å². The van der Waals surface area contributed by atoms with Gasteiger partial charge in [0, 0.05) is 132 Å². The maximum atomic E-state index is 6.48. The van der Waals surface area contributed by atoms with Gasteiger partial charge in [-0.2, -0.15) is 0 Å². The lowest BCUT2D eigenvalue weighted by Gasteiger charge is -2.12. The van der Waals surface area contributed by atoms with Gasteiger partial charge in [-0.25, -0.2) is 29.9 Å². The van der Waals surface area contributed by atoms with E-state index in [1.807, 2.05) is 146 Å². The Kier molecular flexibility index (Phi) is 16.7. The highest BCUT2D eigenvalue weighted by molar-refractivity contribution is 6.18. The second kappa shape index (κ2) is 29.3. The Labute approximate surface area is 721 Å². The third kappa shape index (κ3) is 11.9. The van der Waals surface area contributed by atoms with Crippen LogP contribution in [-0.2, 0) is 0 Å². The van der Waals surface area contributed by atoms with Crippen molar-refractivity contribution < 1.29 is 8.83 Å². The second-order valence-electron chi connectivity index (χ2n) is 32.0. The van der Waals surface area contributed by atoms with E-state index < -0.39 is 0 Å². The van der Waals surface area contributed by atoms with Crippen LogP contribution in [0.3, 0.4) is 0 Å². The van der Waals surface area contributed by atoms with Crippen LogP contribution in [0.2, 0.25) is 0 Å². The molecule has 0 saturated carbocycles. The predicted octanol–water partition coefficient (Wildman–Crippen LogP) is 29.3. The van der Waals surface area contributed by atoms with E-state index in [-0.39, 0.29) is 0 Å². The lowest BCUT2D eigenvalue weighted by atomic mass is 10.0. The Morgan fingerprint density at radius 1 is 0.151 bits per heavy atom. The average Bonchev–Trinajstić information content (AvgIpc) is 1.57. The molecule has 12 nitrogen and oxygen atoms in total. The molecule has 0 aliphatic carbocycles. The Morgan fingerprint density at radius 2 is 0.405 bits per heavy atom. The van der Waals surface area contributed by atoms with Gasteiger partial charge in [0.1, 0.15) is 22.3 Å². The minimum absolute atomic E-state index is 0.622. The summed E-state index contributed by atoms with van der Waals surface area (Å²) >= 11 is 0. The van der Waals surface area contributed by atoms with E-state index in [9.17, 15) is 0 Å². The van der Waals surface area contributed by atoms with E-state index in [1.54, 1.807) is 0 Å². The van der Waals surface area contributed by atoms with Gasteiger partial charge < -0.3 is 27.1 Å². The molecule has 0 bridgehead atoms. The van der Waals surface area contributed by atoms with Crippen LogP contribution in [0.5, 0.6) is 0 Å². The maximum absolute atomic E-state index is 6.48. The maximum Gasteiger partial charge on any atom is 0.164 e. The van der Waals surface area contributed by atoms with Crippen LogP contribution in [0.15, 0.2) is 433 Å². The third-order valence-electron chi connectivity index (χ3n) is 24.7. The first kappa shape index (κ1) is 71.7. The van der Waals surface area contributed by atoms with Crippen molar-refractivity contribution in [3.63, 3.8) is 0 Å². The number of nitrogens with zero attached hydrogens (tertiary/aromatic N) is 10. The Hall–Kier alpha value is -17.2. The van der Waals surface area contributed by atoms with Gasteiger partial charge >= 0.3 is 0 Å². The summed E-state index contributed by atoms with van der Waals surface area (Å²) in [5, 5.41) is 14.1. The fourth-order valence-corrected chi connectivity index (χ4v) is 19.0. The molecule has 0 N–H and O–H groups in total. The minimum Gasteiger partial charge on any atom is -0.455 e. The molecule has 0 unspecified atom stereocenters. The van der Waals surface area contributed by atoms with E-state index in [0.717, 1.165) is 166 Å². The number of hydrogen-bond donors (Lipinski definition) is 0. The zero-order valence-corrected chi connectivity index (χ0v) is 67.7. The van der Waals surface area contributed by atoms with Crippen LogP contribution in [0.4, 0.5) is 0 Å². The number of para-hydroxylation sites is 8. The van der Waals surface area contributed by atoms with Crippen LogP contribution < -0.4 is 0 Å². The van der Waals surface area contributed by atoms with Crippen molar-refractivity contribution in [1.29, 1.82) is 0 Å². The molecule has 0 radical (unpaired) electrons. The minimum atomic E-state index is 0.622. The largest absolute Gasteiger partial charge is 0.455 e. The van der Waals surface area contributed by atoms with Gasteiger partial charge in [-0.1, -0.05) is 291 Å². The molecular weight excluding hydrogens is 1540 g/mol. The van der Waals surface area contributed by atoms with Crippen LogP contribution in [-0.4, -0.2) is 48.2 Å². The Bertz CT molecular complexity index is 8730. The van der Waals surface area contributed by atoms with Crippen molar-refractivity contribution in [2.45, 2.75) is 0 Å². The van der Waals surface area contributed by atoms with Crippen molar-refractivity contribution in [3.8, 4) is 113 Å². The van der Waals surface area contributed by atoms with Gasteiger partial charge in [-0.15, -0.1) is 0 Å². The Balaban J connectivity index is 0.000000137. The highest BCUT2D eigenvalue weighted by Gasteiger charge is 2.25. The first-order valence-corrected chi connectivity index (χ1v) is 42.4. The van der Waals surface area contributed by atoms with Crippen molar-refractivity contribution >= 4 is 131 Å². The molecule has 0 aliphatic heterocycles. The summed E-state index contributed by atoms with van der Waals surface area (Å²) in [6.07, 6.45) is 0. The van der Waals surface area contributed by atoms with E-state index in [1.165, 1.54) is 43.1 Å². The third-order valence-corrected chi connectivity index (χ3v) is 24.7. The van der Waals surface area contributed by atoms with Crippen LogP contribution in [0, 0.1) is 0 Å². The summed E-state index contributed by atoms with van der Waals surface area (Å²) < 4.78 is 22.5. The number of rotatable bonds is 12. The molecule has 0 spiro atoms. The lowest BCUT2D eigenvalue weighted by Crippen LogP contribution is -2.01. The molecule has 8 heterocycles. The summed E-state index contributed by atoms with van der Waals surface area (Å²) in [6, 6.07) is 149. The van der Waals surface area contributed by atoms with Gasteiger partial charge in [0.2, 0.25) is 0 Å². The molecule has 126 heavy (non-hydrogen) atoms. The fraction of sp³-hybridized carbons (Fsp3) is 0. The molecule has 8 aromatic heterocycles. The van der Waals surface area contributed by atoms with E-state index in [4.69, 9.17) is 38.7 Å². The monoisotopic (exact) mass is 1610 g/mol. The summed E-state index contributed by atoms with van der Waals surface area (Å²) in [6.45, 7) is 0. The van der Waals surface area contributed by atoms with E-state index in [2.05, 4.69) is 297 Å². The topological polar surface area (TPSA) is 123 Å². The molecule has 18 aromatic carbocycles. The smallest absolute Gasteiger partial charge is 0.164 e. The molecule has 0 fully saturated rings. The molecule has 26 rings (SSSR count). The highest BCUT2D eigenvalue weighted by Crippen LogP contribution is 2.45. The van der Waals surface area contributed by atoms with Crippen LogP contribution in [0.25, 0.3) is 244 Å². The lowest BCUT2D eigenvalue weighted by molar-refractivity contribution is 0.669. The summed E-state index contributed by atoms with van der Waals surface area (Å²) in [5.74, 6) is 3.82. The quantitative estimate of drug-likeness (QED) is 0.118. The SMILES string of the molecule is c1ccc(-c2nc(-c3ccccc3)nc(-c3ccc(-n4c5ccccc5c5cc(-n6c7ccccc7c7cc(-c8cccc9c8oc8ccccc89)ccc76)ccc54)cc3)n2)cc1.c1ccc(-c2nc(-c3ccccc3)nc(-c3cccc(-n4c5ccccc5c5cc(-n6c7ccccc7c7cc(-c8cccc9c8oc8ccccc89)ccc76)ccc54)c3)n2)cc1. The first-order chi connectivity index (χ1) is 62.5. The zero-order chi connectivity index (χ0) is 82.9. The molecule has 26 aromatic rings. The van der Waals surface area contributed by atoms with Crippen molar-refractivity contribution in [1.82, 2.24) is 48.2 Å². The number of furan rings is 2. The molecule has 12 heteroatoms. The van der Waals surface area contributed by atoms with Gasteiger partial charge in [0.15, 0.2) is 34.9 Å².